The number of aromatic nitrogens is 4. The highest BCUT2D eigenvalue weighted by atomic mass is 19.2. The molecule has 2 aromatic carbocycles. The molecule has 0 saturated heterocycles. The first-order chi connectivity index (χ1) is 13.5. The molecular formula is C20H17F2N5O. The van der Waals surface area contributed by atoms with Gasteiger partial charge >= 0.3 is 0 Å². The molecular weight excluding hydrogens is 364 g/mol. The quantitative estimate of drug-likeness (QED) is 0.577. The zero-order chi connectivity index (χ0) is 19.7. The monoisotopic (exact) mass is 381 g/mol. The van der Waals surface area contributed by atoms with Gasteiger partial charge in [-0.25, -0.2) is 8.78 Å². The lowest BCUT2D eigenvalue weighted by Gasteiger charge is -2.04. The zero-order valence-corrected chi connectivity index (χ0v) is 15.1. The third-order valence-corrected chi connectivity index (χ3v) is 4.41. The van der Waals surface area contributed by atoms with Crippen LogP contribution in [0.15, 0.2) is 54.9 Å². The van der Waals surface area contributed by atoms with E-state index in [0.717, 1.165) is 28.6 Å². The molecule has 1 N–H and O–H groups in total. The van der Waals surface area contributed by atoms with E-state index in [9.17, 15) is 13.6 Å². The van der Waals surface area contributed by atoms with E-state index >= 15 is 0 Å². The van der Waals surface area contributed by atoms with Gasteiger partial charge in [0.1, 0.15) is 0 Å². The SMILES string of the molecule is Cn1ncc2cc(CC(=O)Nc3ccn(Cc4ccc(F)c(F)c4)n3)ccc21. The summed E-state index contributed by atoms with van der Waals surface area (Å²) in [5.41, 5.74) is 2.45. The van der Waals surface area contributed by atoms with Crippen LogP contribution in [0.3, 0.4) is 0 Å². The molecule has 8 heteroatoms. The maximum Gasteiger partial charge on any atom is 0.229 e. The Balaban J connectivity index is 1.39. The summed E-state index contributed by atoms with van der Waals surface area (Å²) in [5.74, 6) is -1.58. The van der Waals surface area contributed by atoms with Gasteiger partial charge in [-0.3, -0.25) is 14.2 Å². The van der Waals surface area contributed by atoms with E-state index in [1.165, 1.54) is 6.07 Å². The number of halogens is 2. The summed E-state index contributed by atoms with van der Waals surface area (Å²) in [7, 11) is 1.87. The van der Waals surface area contributed by atoms with Gasteiger partial charge in [-0.1, -0.05) is 12.1 Å². The summed E-state index contributed by atoms with van der Waals surface area (Å²) >= 11 is 0. The lowest BCUT2D eigenvalue weighted by molar-refractivity contribution is -0.115. The predicted octanol–water partition coefficient (Wildman–Crippen LogP) is 3.28. The van der Waals surface area contributed by atoms with Gasteiger partial charge in [-0.15, -0.1) is 0 Å². The first-order valence-electron chi connectivity index (χ1n) is 8.66. The second-order valence-corrected chi connectivity index (χ2v) is 6.53. The maximum atomic E-state index is 13.3. The van der Waals surface area contributed by atoms with Gasteiger partial charge in [-0.05, 0) is 35.4 Å². The lowest BCUT2D eigenvalue weighted by Crippen LogP contribution is -2.15. The van der Waals surface area contributed by atoms with Gasteiger partial charge in [-0.2, -0.15) is 10.2 Å². The molecule has 0 aliphatic heterocycles. The average molecular weight is 381 g/mol. The standard InChI is InChI=1S/C20H17F2N5O/c1-26-18-5-3-13(8-15(18)11-23-26)10-20(28)24-19-6-7-27(25-19)12-14-2-4-16(21)17(22)9-14/h2-9,11H,10,12H2,1H3,(H,24,25,28). The Morgan fingerprint density at radius 2 is 1.89 bits per heavy atom. The van der Waals surface area contributed by atoms with Crippen LogP contribution in [0.5, 0.6) is 0 Å². The molecule has 0 atom stereocenters. The zero-order valence-electron chi connectivity index (χ0n) is 15.1. The van der Waals surface area contributed by atoms with Crippen LogP contribution in [0.1, 0.15) is 11.1 Å². The molecule has 0 spiro atoms. The van der Waals surface area contributed by atoms with Crippen LogP contribution in [-0.2, 0) is 24.8 Å². The third-order valence-electron chi connectivity index (χ3n) is 4.41. The summed E-state index contributed by atoms with van der Waals surface area (Å²) in [6, 6.07) is 11.1. The van der Waals surface area contributed by atoms with E-state index in [1.54, 1.807) is 27.8 Å². The third kappa shape index (κ3) is 3.75. The number of nitrogens with zero attached hydrogens (tertiary/aromatic N) is 4. The molecule has 28 heavy (non-hydrogen) atoms. The number of fused-ring (bicyclic) bond motifs is 1. The van der Waals surface area contributed by atoms with Gasteiger partial charge in [0.05, 0.1) is 24.7 Å². The smallest absolute Gasteiger partial charge is 0.229 e. The number of amides is 1. The van der Waals surface area contributed by atoms with Crippen molar-refractivity contribution in [1.82, 2.24) is 19.6 Å². The van der Waals surface area contributed by atoms with Gasteiger partial charge in [0, 0.05) is 24.7 Å². The Morgan fingerprint density at radius 1 is 1.07 bits per heavy atom. The Bertz CT molecular complexity index is 1160. The van der Waals surface area contributed by atoms with Crippen molar-refractivity contribution in [2.24, 2.45) is 7.05 Å². The van der Waals surface area contributed by atoms with Gasteiger partial charge < -0.3 is 5.32 Å². The van der Waals surface area contributed by atoms with Gasteiger partial charge in [0.15, 0.2) is 17.5 Å². The number of rotatable bonds is 5. The number of benzene rings is 2. The van der Waals surface area contributed by atoms with Crippen molar-refractivity contribution in [3.8, 4) is 0 Å². The second-order valence-electron chi connectivity index (χ2n) is 6.53. The summed E-state index contributed by atoms with van der Waals surface area (Å²) in [6.45, 7) is 0.269. The lowest BCUT2D eigenvalue weighted by atomic mass is 10.1. The van der Waals surface area contributed by atoms with Crippen molar-refractivity contribution < 1.29 is 13.6 Å². The van der Waals surface area contributed by atoms with E-state index in [4.69, 9.17) is 0 Å². The summed E-state index contributed by atoms with van der Waals surface area (Å²) < 4.78 is 29.6. The molecule has 0 fully saturated rings. The highest BCUT2D eigenvalue weighted by molar-refractivity contribution is 5.92. The summed E-state index contributed by atoms with van der Waals surface area (Å²) in [6.07, 6.45) is 3.64. The molecule has 0 unspecified atom stereocenters. The van der Waals surface area contributed by atoms with Crippen molar-refractivity contribution in [1.29, 1.82) is 0 Å². The Hall–Kier alpha value is -3.55. The van der Waals surface area contributed by atoms with Crippen molar-refractivity contribution in [3.05, 3.63) is 77.6 Å². The van der Waals surface area contributed by atoms with E-state index in [-0.39, 0.29) is 18.9 Å². The molecule has 0 aliphatic rings. The number of aryl methyl sites for hydroxylation is 1. The van der Waals surface area contributed by atoms with E-state index in [2.05, 4.69) is 15.5 Å². The minimum absolute atomic E-state index is 0.193. The van der Waals surface area contributed by atoms with Crippen molar-refractivity contribution in [2.45, 2.75) is 13.0 Å². The van der Waals surface area contributed by atoms with E-state index in [1.807, 2.05) is 25.2 Å². The number of carbonyl (C=O) groups is 1. The van der Waals surface area contributed by atoms with E-state index in [0.29, 0.717) is 11.4 Å². The Labute approximate surface area is 159 Å². The highest BCUT2D eigenvalue weighted by Crippen LogP contribution is 2.16. The molecule has 4 aromatic rings. The molecule has 0 bridgehead atoms. The molecule has 4 rings (SSSR count). The normalized spacial score (nSPS) is 11.1. The number of hydrogen-bond acceptors (Lipinski definition) is 3. The molecule has 1 amide bonds. The van der Waals surface area contributed by atoms with Gasteiger partial charge in [0.25, 0.3) is 0 Å². The second kappa shape index (κ2) is 7.22. The van der Waals surface area contributed by atoms with Crippen molar-refractivity contribution in [2.75, 3.05) is 5.32 Å². The predicted molar refractivity (Wildman–Crippen MR) is 101 cm³/mol. The minimum Gasteiger partial charge on any atom is -0.309 e. The fourth-order valence-corrected chi connectivity index (χ4v) is 3.04. The highest BCUT2D eigenvalue weighted by Gasteiger charge is 2.09. The van der Waals surface area contributed by atoms with Crippen LogP contribution >= 0.6 is 0 Å². The fourth-order valence-electron chi connectivity index (χ4n) is 3.04. The van der Waals surface area contributed by atoms with Crippen molar-refractivity contribution >= 4 is 22.6 Å². The first-order valence-corrected chi connectivity index (χ1v) is 8.66. The number of hydrogen-bond donors (Lipinski definition) is 1. The molecule has 6 nitrogen and oxygen atoms in total. The molecule has 2 aromatic heterocycles. The summed E-state index contributed by atoms with van der Waals surface area (Å²) in [4.78, 5) is 12.3. The van der Waals surface area contributed by atoms with Crippen LogP contribution < -0.4 is 5.32 Å². The molecule has 142 valence electrons. The van der Waals surface area contributed by atoms with Crippen LogP contribution in [0.25, 0.3) is 10.9 Å². The maximum absolute atomic E-state index is 13.3. The first kappa shape index (κ1) is 17.8. The molecule has 0 radical (unpaired) electrons. The summed E-state index contributed by atoms with van der Waals surface area (Å²) in [5, 5.41) is 12.2. The van der Waals surface area contributed by atoms with Crippen LogP contribution in [0.4, 0.5) is 14.6 Å². The van der Waals surface area contributed by atoms with E-state index < -0.39 is 11.6 Å². The minimum atomic E-state index is -0.899. The topological polar surface area (TPSA) is 64.7 Å². The number of nitrogens with one attached hydrogen (secondary N) is 1. The largest absolute Gasteiger partial charge is 0.309 e. The van der Waals surface area contributed by atoms with Crippen molar-refractivity contribution in [3.63, 3.8) is 0 Å². The number of carbonyl (C=O) groups excluding carboxylic acids is 1. The molecule has 0 aliphatic carbocycles. The number of anilines is 1. The van der Waals surface area contributed by atoms with Gasteiger partial charge in [0.2, 0.25) is 5.91 Å². The Morgan fingerprint density at radius 3 is 2.71 bits per heavy atom. The Kier molecular flexibility index (Phi) is 4.60. The molecule has 2 heterocycles. The van der Waals surface area contributed by atoms with Crippen LogP contribution in [-0.4, -0.2) is 25.5 Å². The van der Waals surface area contributed by atoms with Crippen LogP contribution in [0.2, 0.25) is 0 Å². The fraction of sp³-hybridized carbons (Fsp3) is 0.150. The van der Waals surface area contributed by atoms with Crippen LogP contribution in [0, 0.1) is 11.6 Å². The average Bonchev–Trinajstić information content (AvgIpc) is 3.24. The molecule has 0 saturated carbocycles.